The molecule has 0 aliphatic carbocycles. The number of hydrogen-bond acceptors (Lipinski definition) is 6. The third-order valence-electron chi connectivity index (χ3n) is 5.40. The lowest BCUT2D eigenvalue weighted by atomic mass is 10.1. The second-order valence-corrected chi connectivity index (χ2v) is 8.38. The summed E-state index contributed by atoms with van der Waals surface area (Å²) in [5, 5.41) is 9.83. The molecule has 5 rings (SSSR count). The number of alkyl halides is 3. The number of carbonyl (C=O) groups is 1. The van der Waals surface area contributed by atoms with E-state index in [1.807, 2.05) is 0 Å². The second kappa shape index (κ2) is 9.74. The Hall–Kier alpha value is -4.52. The molecule has 0 radical (unpaired) electrons. The quantitative estimate of drug-likeness (QED) is 0.298. The van der Waals surface area contributed by atoms with E-state index in [4.69, 9.17) is 16.3 Å². The highest BCUT2D eigenvalue weighted by molar-refractivity contribution is 6.37. The molecule has 3 heterocycles. The average Bonchev–Trinajstić information content (AvgIpc) is 3.46. The van der Waals surface area contributed by atoms with Crippen molar-refractivity contribution in [1.29, 1.82) is 0 Å². The molecular weight excluding hydrogens is 530 g/mol. The van der Waals surface area contributed by atoms with E-state index in [0.717, 1.165) is 6.07 Å². The van der Waals surface area contributed by atoms with Crippen LogP contribution in [0.3, 0.4) is 0 Å². The van der Waals surface area contributed by atoms with Crippen molar-refractivity contribution >= 4 is 29.1 Å². The van der Waals surface area contributed by atoms with E-state index >= 15 is 0 Å². The first kappa shape index (κ1) is 25.1. The van der Waals surface area contributed by atoms with Gasteiger partial charge in [-0.05, 0) is 35.9 Å². The number of nitrogens with zero attached hydrogens (tertiary/aromatic N) is 6. The van der Waals surface area contributed by atoms with Crippen molar-refractivity contribution in [3.63, 3.8) is 0 Å². The molecular formula is C24H16ClF4N7O2. The van der Waals surface area contributed by atoms with Crippen LogP contribution in [-0.4, -0.2) is 42.4 Å². The number of aromatic nitrogens is 6. The molecule has 0 saturated heterocycles. The molecule has 3 aromatic heterocycles. The maximum absolute atomic E-state index is 14.0. The molecule has 194 valence electrons. The van der Waals surface area contributed by atoms with E-state index in [2.05, 4.69) is 25.5 Å². The Morgan fingerprint density at radius 1 is 1.11 bits per heavy atom. The van der Waals surface area contributed by atoms with E-state index in [-0.39, 0.29) is 23.8 Å². The van der Waals surface area contributed by atoms with Gasteiger partial charge in [0.15, 0.2) is 17.0 Å². The first-order chi connectivity index (χ1) is 18.1. The highest BCUT2D eigenvalue weighted by atomic mass is 35.5. The smallest absolute Gasteiger partial charge is 0.433 e. The summed E-state index contributed by atoms with van der Waals surface area (Å²) >= 11 is 6.31. The maximum atomic E-state index is 14.0. The number of rotatable bonds is 6. The van der Waals surface area contributed by atoms with Crippen LogP contribution in [0.15, 0.2) is 60.9 Å². The van der Waals surface area contributed by atoms with Crippen molar-refractivity contribution in [3.05, 3.63) is 88.7 Å². The summed E-state index contributed by atoms with van der Waals surface area (Å²) in [6, 6.07) is 13.0. The number of anilines is 1. The molecule has 0 unspecified atom stereocenters. The molecule has 14 heteroatoms. The van der Waals surface area contributed by atoms with Crippen molar-refractivity contribution < 1.29 is 27.1 Å². The van der Waals surface area contributed by atoms with Crippen LogP contribution < -0.4 is 10.1 Å². The van der Waals surface area contributed by atoms with Gasteiger partial charge in [0, 0.05) is 5.56 Å². The van der Waals surface area contributed by atoms with Gasteiger partial charge in [0.2, 0.25) is 5.95 Å². The summed E-state index contributed by atoms with van der Waals surface area (Å²) in [4.78, 5) is 21.1. The summed E-state index contributed by atoms with van der Waals surface area (Å²) in [5.74, 6) is -1.10. The molecule has 0 aliphatic heterocycles. The first-order valence-corrected chi connectivity index (χ1v) is 11.3. The maximum Gasteiger partial charge on any atom is 0.433 e. The lowest BCUT2D eigenvalue weighted by molar-refractivity contribution is -0.142. The summed E-state index contributed by atoms with van der Waals surface area (Å²) in [5.41, 5.74) is -1.15. The van der Waals surface area contributed by atoms with E-state index in [9.17, 15) is 22.4 Å². The molecule has 0 aliphatic rings. The average molecular weight is 546 g/mol. The minimum Gasteiger partial charge on any atom is -0.497 e. The molecule has 9 nitrogen and oxygen atoms in total. The van der Waals surface area contributed by atoms with Crippen LogP contribution >= 0.6 is 11.6 Å². The highest BCUT2D eigenvalue weighted by Gasteiger charge is 2.37. The largest absolute Gasteiger partial charge is 0.497 e. The van der Waals surface area contributed by atoms with Gasteiger partial charge in [-0.3, -0.25) is 10.1 Å². The molecule has 0 spiro atoms. The van der Waals surface area contributed by atoms with Gasteiger partial charge in [0.1, 0.15) is 22.9 Å². The number of amides is 1. The number of methoxy groups -OCH3 is 1. The minimum atomic E-state index is -4.84. The van der Waals surface area contributed by atoms with Crippen LogP contribution in [0.1, 0.15) is 21.7 Å². The fourth-order valence-electron chi connectivity index (χ4n) is 3.68. The standard InChI is InChI=1S/C24H16ClF4N7O2/c1-38-16-7-3-5-14(9-16)17-10-18(24(27,28)29)36-21(31-17)19(25)20(33-36)22(37)32-23-30-12-35(34-23)11-13-4-2-6-15(26)8-13/h2-10,12H,11H2,1H3,(H,32,34,37). The predicted octanol–water partition coefficient (Wildman–Crippen LogP) is 5.11. The van der Waals surface area contributed by atoms with E-state index in [1.165, 1.54) is 36.3 Å². The number of nitrogens with one attached hydrogen (secondary N) is 1. The van der Waals surface area contributed by atoms with Crippen LogP contribution in [0.4, 0.5) is 23.5 Å². The zero-order valence-electron chi connectivity index (χ0n) is 19.4. The Labute approximate surface area is 216 Å². The fraction of sp³-hybridized carbons (Fsp3) is 0.125. The molecule has 2 aromatic carbocycles. The van der Waals surface area contributed by atoms with Crippen molar-refractivity contribution in [2.45, 2.75) is 12.7 Å². The van der Waals surface area contributed by atoms with Gasteiger partial charge in [-0.2, -0.15) is 18.3 Å². The molecule has 0 fully saturated rings. The predicted molar refractivity (Wildman–Crippen MR) is 128 cm³/mol. The SMILES string of the molecule is COc1cccc(-c2cc(C(F)(F)F)n3nc(C(=O)Nc4ncn(Cc5cccc(F)c5)n4)c(Cl)c3n2)c1. The third-order valence-corrected chi connectivity index (χ3v) is 5.75. The number of carbonyl (C=O) groups excluding carboxylic acids is 1. The highest BCUT2D eigenvalue weighted by Crippen LogP contribution is 2.35. The third kappa shape index (κ3) is 5.00. The van der Waals surface area contributed by atoms with Gasteiger partial charge in [-0.25, -0.2) is 23.6 Å². The Morgan fingerprint density at radius 2 is 1.89 bits per heavy atom. The van der Waals surface area contributed by atoms with E-state index in [1.54, 1.807) is 30.3 Å². The topological polar surface area (TPSA) is 99.2 Å². The van der Waals surface area contributed by atoms with Crippen LogP contribution in [-0.2, 0) is 12.7 Å². The van der Waals surface area contributed by atoms with Crippen LogP contribution in [0.2, 0.25) is 5.02 Å². The van der Waals surface area contributed by atoms with Gasteiger partial charge in [-0.1, -0.05) is 35.9 Å². The summed E-state index contributed by atoms with van der Waals surface area (Å²) in [6.45, 7) is 0.168. The second-order valence-electron chi connectivity index (χ2n) is 8.00. The van der Waals surface area contributed by atoms with Gasteiger partial charge in [0.25, 0.3) is 5.91 Å². The Bertz CT molecular complexity index is 1670. The molecule has 0 atom stereocenters. The fourth-order valence-corrected chi connectivity index (χ4v) is 3.93. The Morgan fingerprint density at radius 3 is 2.63 bits per heavy atom. The lowest BCUT2D eigenvalue weighted by Gasteiger charge is -2.11. The van der Waals surface area contributed by atoms with Crippen molar-refractivity contribution in [3.8, 4) is 17.0 Å². The minimum absolute atomic E-state index is 0.0461. The van der Waals surface area contributed by atoms with Crippen molar-refractivity contribution in [2.24, 2.45) is 0 Å². The van der Waals surface area contributed by atoms with Crippen molar-refractivity contribution in [2.75, 3.05) is 12.4 Å². The van der Waals surface area contributed by atoms with Gasteiger partial charge < -0.3 is 4.74 Å². The monoisotopic (exact) mass is 545 g/mol. The lowest BCUT2D eigenvalue weighted by Crippen LogP contribution is -2.16. The van der Waals surface area contributed by atoms with E-state index in [0.29, 0.717) is 21.4 Å². The molecule has 1 N–H and O–H groups in total. The number of benzene rings is 2. The molecule has 5 aromatic rings. The summed E-state index contributed by atoms with van der Waals surface area (Å²) in [7, 11) is 1.43. The van der Waals surface area contributed by atoms with Crippen LogP contribution in [0.25, 0.3) is 16.9 Å². The van der Waals surface area contributed by atoms with Crippen LogP contribution in [0, 0.1) is 5.82 Å². The number of ether oxygens (including phenoxy) is 1. The van der Waals surface area contributed by atoms with Crippen molar-refractivity contribution in [1.82, 2.24) is 29.4 Å². The van der Waals surface area contributed by atoms with Gasteiger partial charge >= 0.3 is 6.18 Å². The molecule has 0 saturated carbocycles. The normalized spacial score (nSPS) is 11.6. The Balaban J connectivity index is 1.47. The summed E-state index contributed by atoms with van der Waals surface area (Å²) in [6.07, 6.45) is -3.54. The zero-order valence-corrected chi connectivity index (χ0v) is 20.1. The van der Waals surface area contributed by atoms with Crippen LogP contribution in [0.5, 0.6) is 5.75 Å². The molecule has 0 bridgehead atoms. The van der Waals surface area contributed by atoms with Gasteiger partial charge in [-0.15, -0.1) is 5.10 Å². The van der Waals surface area contributed by atoms with E-state index < -0.39 is 34.3 Å². The zero-order chi connectivity index (χ0) is 27.0. The number of hydrogen-bond donors (Lipinski definition) is 1. The van der Waals surface area contributed by atoms with Gasteiger partial charge in [0.05, 0.1) is 19.3 Å². The first-order valence-electron chi connectivity index (χ1n) is 10.9. The molecule has 38 heavy (non-hydrogen) atoms. The summed E-state index contributed by atoms with van der Waals surface area (Å²) < 4.78 is 62.2. The number of halogens is 5. The molecule has 1 amide bonds. The Kier molecular flexibility index (Phi) is 6.45. The number of fused-ring (bicyclic) bond motifs is 1.